The lowest BCUT2D eigenvalue weighted by atomic mass is 9.99. The average molecular weight is 398 g/mol. The lowest BCUT2D eigenvalue weighted by Gasteiger charge is -2.29. The maximum Gasteiger partial charge on any atom is 0.338 e. The number of ether oxygens (including phenoxy) is 3. The summed E-state index contributed by atoms with van der Waals surface area (Å²) in [4.78, 5) is 28.4. The number of esters is 1. The fraction of sp³-hybridized carbons (Fsp3) is 0.364. The molecule has 154 valence electrons. The molecule has 2 aromatic carbocycles. The summed E-state index contributed by atoms with van der Waals surface area (Å²) in [7, 11) is 7.04. The molecule has 0 fully saturated rings. The van der Waals surface area contributed by atoms with Gasteiger partial charge in [-0.25, -0.2) is 4.79 Å². The number of fused-ring (bicyclic) bond motifs is 1. The van der Waals surface area contributed by atoms with Crippen LogP contribution in [-0.4, -0.2) is 58.2 Å². The van der Waals surface area contributed by atoms with Crippen molar-refractivity contribution < 1.29 is 23.8 Å². The first-order valence-corrected chi connectivity index (χ1v) is 9.39. The van der Waals surface area contributed by atoms with E-state index in [1.165, 1.54) is 0 Å². The van der Waals surface area contributed by atoms with Gasteiger partial charge < -0.3 is 24.0 Å². The predicted molar refractivity (Wildman–Crippen MR) is 110 cm³/mol. The number of methoxy groups -OCH3 is 2. The largest absolute Gasteiger partial charge is 0.493 e. The standard InChI is InChI=1S/C22H26N2O5/c1-23(2)18-7-5-15(6-8-18)22(26)29-14-21(25)24-10-9-16-11-19(27-3)20(28-4)12-17(16)13-24/h5-8,11-12H,9-10,13-14H2,1-4H3. The molecule has 0 aliphatic carbocycles. The smallest absolute Gasteiger partial charge is 0.338 e. The maximum absolute atomic E-state index is 12.6. The van der Waals surface area contributed by atoms with E-state index in [2.05, 4.69) is 0 Å². The molecule has 0 unspecified atom stereocenters. The number of benzene rings is 2. The van der Waals surface area contributed by atoms with Crippen LogP contribution in [0.3, 0.4) is 0 Å². The van der Waals surface area contributed by atoms with Crippen molar-refractivity contribution in [2.45, 2.75) is 13.0 Å². The van der Waals surface area contributed by atoms with Gasteiger partial charge in [0.2, 0.25) is 0 Å². The summed E-state index contributed by atoms with van der Waals surface area (Å²) in [5.41, 5.74) is 3.54. The molecule has 0 saturated carbocycles. The van der Waals surface area contributed by atoms with Gasteiger partial charge in [-0.15, -0.1) is 0 Å². The van der Waals surface area contributed by atoms with Crippen LogP contribution in [-0.2, 0) is 22.5 Å². The molecule has 0 N–H and O–H groups in total. The molecule has 1 aliphatic heterocycles. The quantitative estimate of drug-likeness (QED) is 0.697. The molecule has 0 bridgehead atoms. The Hall–Kier alpha value is -3.22. The zero-order valence-corrected chi connectivity index (χ0v) is 17.2. The van der Waals surface area contributed by atoms with Crippen LogP contribution < -0.4 is 14.4 Å². The first-order valence-electron chi connectivity index (χ1n) is 9.39. The van der Waals surface area contributed by atoms with Crippen molar-refractivity contribution in [1.29, 1.82) is 0 Å². The van der Waals surface area contributed by atoms with Crippen molar-refractivity contribution in [3.63, 3.8) is 0 Å². The summed E-state index contributed by atoms with van der Waals surface area (Å²) in [6.45, 7) is 0.733. The zero-order valence-electron chi connectivity index (χ0n) is 17.2. The number of hydrogen-bond acceptors (Lipinski definition) is 6. The molecule has 1 aliphatic rings. The molecule has 29 heavy (non-hydrogen) atoms. The highest BCUT2D eigenvalue weighted by molar-refractivity contribution is 5.91. The molecule has 0 atom stereocenters. The van der Waals surface area contributed by atoms with Gasteiger partial charge in [-0.1, -0.05) is 0 Å². The minimum atomic E-state index is -0.507. The van der Waals surface area contributed by atoms with Crippen LogP contribution in [0.2, 0.25) is 0 Å². The molecular formula is C22H26N2O5. The molecule has 7 nitrogen and oxygen atoms in total. The molecule has 7 heteroatoms. The molecule has 3 rings (SSSR count). The average Bonchev–Trinajstić information content (AvgIpc) is 2.75. The zero-order chi connectivity index (χ0) is 21.0. The van der Waals surface area contributed by atoms with Gasteiger partial charge in [-0.3, -0.25) is 4.79 Å². The highest BCUT2D eigenvalue weighted by Crippen LogP contribution is 2.33. The molecule has 0 spiro atoms. The van der Waals surface area contributed by atoms with E-state index in [9.17, 15) is 9.59 Å². The van der Waals surface area contributed by atoms with Crippen molar-refractivity contribution in [3.8, 4) is 11.5 Å². The van der Waals surface area contributed by atoms with Gasteiger partial charge in [0.1, 0.15) is 0 Å². The number of hydrogen-bond donors (Lipinski definition) is 0. The third-order valence-corrected chi connectivity index (χ3v) is 5.02. The Balaban J connectivity index is 1.60. The normalized spacial score (nSPS) is 12.8. The lowest BCUT2D eigenvalue weighted by Crippen LogP contribution is -2.38. The van der Waals surface area contributed by atoms with Crippen LogP contribution in [0, 0.1) is 0 Å². The minimum absolute atomic E-state index is 0.219. The molecule has 1 heterocycles. The van der Waals surface area contributed by atoms with Crippen LogP contribution >= 0.6 is 0 Å². The van der Waals surface area contributed by atoms with E-state index in [1.54, 1.807) is 31.3 Å². The molecule has 2 aromatic rings. The Labute approximate surface area is 170 Å². The minimum Gasteiger partial charge on any atom is -0.493 e. The Bertz CT molecular complexity index is 893. The van der Waals surface area contributed by atoms with Crippen molar-refractivity contribution in [2.24, 2.45) is 0 Å². The second kappa shape index (κ2) is 8.86. The summed E-state index contributed by atoms with van der Waals surface area (Å²) < 4.78 is 15.9. The van der Waals surface area contributed by atoms with Gasteiger partial charge in [0, 0.05) is 32.9 Å². The van der Waals surface area contributed by atoms with Crippen molar-refractivity contribution in [3.05, 3.63) is 53.1 Å². The van der Waals surface area contributed by atoms with Gasteiger partial charge in [0.25, 0.3) is 5.91 Å². The van der Waals surface area contributed by atoms with E-state index in [1.807, 2.05) is 43.3 Å². The fourth-order valence-corrected chi connectivity index (χ4v) is 3.29. The van der Waals surface area contributed by atoms with Crippen LogP contribution in [0.1, 0.15) is 21.5 Å². The number of carbonyl (C=O) groups excluding carboxylic acids is 2. The topological polar surface area (TPSA) is 68.3 Å². The van der Waals surface area contributed by atoms with E-state index >= 15 is 0 Å². The number of carbonyl (C=O) groups is 2. The van der Waals surface area contributed by atoms with Crippen molar-refractivity contribution >= 4 is 17.6 Å². The molecule has 0 aromatic heterocycles. The summed E-state index contributed by atoms with van der Waals surface area (Å²) in [6.07, 6.45) is 0.710. The van der Waals surface area contributed by atoms with Crippen LogP contribution in [0.4, 0.5) is 5.69 Å². The SMILES string of the molecule is COc1cc2c(cc1OC)CN(C(=O)COC(=O)c1ccc(N(C)C)cc1)CC2. The first kappa shape index (κ1) is 20.5. The summed E-state index contributed by atoms with van der Waals surface area (Å²) >= 11 is 0. The van der Waals surface area contributed by atoms with Crippen LogP contribution in [0.15, 0.2) is 36.4 Å². The summed E-state index contributed by atoms with van der Waals surface area (Å²) in [5, 5.41) is 0. The van der Waals surface area contributed by atoms with E-state index in [0.29, 0.717) is 36.6 Å². The van der Waals surface area contributed by atoms with Gasteiger partial charge in [-0.05, 0) is 53.9 Å². The summed E-state index contributed by atoms with van der Waals surface area (Å²) in [6, 6.07) is 10.9. The predicted octanol–water partition coefficient (Wildman–Crippen LogP) is 2.51. The number of anilines is 1. The molecular weight excluding hydrogens is 372 g/mol. The second-order valence-electron chi connectivity index (χ2n) is 7.06. The first-order chi connectivity index (χ1) is 13.9. The Kier molecular flexibility index (Phi) is 6.26. The van der Waals surface area contributed by atoms with E-state index in [4.69, 9.17) is 14.2 Å². The molecule has 0 radical (unpaired) electrons. The maximum atomic E-state index is 12.6. The molecule has 1 amide bonds. The third-order valence-electron chi connectivity index (χ3n) is 5.02. The van der Waals surface area contributed by atoms with E-state index in [-0.39, 0.29) is 12.5 Å². The third kappa shape index (κ3) is 4.62. The van der Waals surface area contributed by atoms with E-state index < -0.39 is 5.97 Å². The highest BCUT2D eigenvalue weighted by atomic mass is 16.5. The van der Waals surface area contributed by atoms with Gasteiger partial charge in [0.15, 0.2) is 18.1 Å². The number of nitrogens with zero attached hydrogens (tertiary/aromatic N) is 2. The van der Waals surface area contributed by atoms with E-state index in [0.717, 1.165) is 16.8 Å². The Morgan fingerprint density at radius 2 is 1.62 bits per heavy atom. The Morgan fingerprint density at radius 3 is 2.21 bits per heavy atom. The number of rotatable bonds is 6. The van der Waals surface area contributed by atoms with Gasteiger partial charge in [-0.2, -0.15) is 0 Å². The summed E-state index contributed by atoms with van der Waals surface area (Å²) in [5.74, 6) is 0.588. The molecule has 0 saturated heterocycles. The number of amides is 1. The fourth-order valence-electron chi connectivity index (χ4n) is 3.29. The Morgan fingerprint density at radius 1 is 1.00 bits per heavy atom. The second-order valence-corrected chi connectivity index (χ2v) is 7.06. The van der Waals surface area contributed by atoms with Gasteiger partial charge >= 0.3 is 5.97 Å². The van der Waals surface area contributed by atoms with Crippen LogP contribution in [0.5, 0.6) is 11.5 Å². The van der Waals surface area contributed by atoms with Crippen molar-refractivity contribution in [1.82, 2.24) is 4.90 Å². The highest BCUT2D eigenvalue weighted by Gasteiger charge is 2.23. The van der Waals surface area contributed by atoms with Crippen molar-refractivity contribution in [2.75, 3.05) is 46.4 Å². The lowest BCUT2D eigenvalue weighted by molar-refractivity contribution is -0.135. The van der Waals surface area contributed by atoms with Gasteiger partial charge in [0.05, 0.1) is 19.8 Å². The monoisotopic (exact) mass is 398 g/mol. The van der Waals surface area contributed by atoms with Crippen LogP contribution in [0.25, 0.3) is 0 Å².